The number of hydrogen-bond acceptors (Lipinski definition) is 7. The molecule has 3 aliphatic carbocycles. The summed E-state index contributed by atoms with van der Waals surface area (Å²) >= 11 is 1.45. The molecule has 44 heavy (non-hydrogen) atoms. The summed E-state index contributed by atoms with van der Waals surface area (Å²) < 4.78 is 6.42. The lowest BCUT2D eigenvalue weighted by Crippen LogP contribution is -2.63. The van der Waals surface area contributed by atoms with Crippen molar-refractivity contribution in [3.63, 3.8) is 0 Å². The Morgan fingerprint density at radius 3 is 2.73 bits per heavy atom. The van der Waals surface area contributed by atoms with E-state index in [4.69, 9.17) is 9.73 Å². The molecule has 9 atom stereocenters. The van der Waals surface area contributed by atoms with Gasteiger partial charge in [0.2, 0.25) is 0 Å². The first kappa shape index (κ1) is 32.9. The normalized spacial score (nSPS) is 39.8. The third-order valence-corrected chi connectivity index (χ3v) is 13.1. The minimum absolute atomic E-state index is 0.0445. The van der Waals surface area contributed by atoms with Crippen molar-refractivity contribution in [3.05, 3.63) is 42.5 Å². The third kappa shape index (κ3) is 5.59. The van der Waals surface area contributed by atoms with Gasteiger partial charge in [-0.1, -0.05) is 45.9 Å². The standard InChI is InChI=1S/C36H51N3O4S/c1-8-34(5)20-29(35(6)23(3)13-16-36(24(4)32(34)42)17-14-28(40)31(35)36)43-30(41)22-44-26-12-10-11-25(19-26)21-38-27-15-18-39(9-2)33(27)37-7/h8,10-12,19,21,23-24,27,29,31-32,42H,1,9,13-18,20,22H2,2-7H3/b37-33-,38-21+/t23?,24-,27?,29+,31?,32-,34+,35-,36?/m0/s1. The number of nitrogens with zero attached hydrogens (tertiary/aromatic N) is 3. The molecule has 0 aromatic heterocycles. The van der Waals surface area contributed by atoms with E-state index in [1.54, 1.807) is 0 Å². The van der Waals surface area contributed by atoms with Gasteiger partial charge in [0.1, 0.15) is 23.8 Å². The topological polar surface area (TPSA) is 91.6 Å². The highest BCUT2D eigenvalue weighted by atomic mass is 32.2. The van der Waals surface area contributed by atoms with Crippen molar-refractivity contribution in [1.82, 2.24) is 4.90 Å². The van der Waals surface area contributed by atoms with Crippen LogP contribution in [0.15, 0.2) is 51.8 Å². The molecule has 4 fully saturated rings. The maximum Gasteiger partial charge on any atom is 0.316 e. The molecule has 1 saturated heterocycles. The fourth-order valence-electron chi connectivity index (χ4n) is 9.18. The van der Waals surface area contributed by atoms with Crippen molar-refractivity contribution in [2.45, 2.75) is 96.3 Å². The number of rotatable bonds is 8. The Morgan fingerprint density at radius 2 is 2.02 bits per heavy atom. The number of amidine groups is 1. The molecule has 1 heterocycles. The zero-order valence-corrected chi connectivity index (χ0v) is 28.2. The van der Waals surface area contributed by atoms with Gasteiger partial charge < -0.3 is 14.7 Å². The molecule has 2 bridgehead atoms. The van der Waals surface area contributed by atoms with Crippen LogP contribution in [0.1, 0.15) is 78.7 Å². The number of ketones is 1. The number of thioether (sulfide) groups is 1. The van der Waals surface area contributed by atoms with Crippen molar-refractivity contribution in [3.8, 4) is 0 Å². The quantitative estimate of drug-likeness (QED) is 0.160. The van der Waals surface area contributed by atoms with Gasteiger partial charge in [0.05, 0.1) is 11.9 Å². The molecule has 0 amide bonds. The molecular weight excluding hydrogens is 570 g/mol. The maximum atomic E-state index is 13.6. The second-order valence-corrected chi connectivity index (χ2v) is 15.2. The Hall–Kier alpha value is -2.45. The van der Waals surface area contributed by atoms with Gasteiger partial charge in [0, 0.05) is 54.4 Å². The van der Waals surface area contributed by atoms with E-state index in [-0.39, 0.29) is 46.7 Å². The van der Waals surface area contributed by atoms with Crippen LogP contribution in [-0.2, 0) is 14.3 Å². The Labute approximate surface area is 268 Å². The molecule has 4 aliphatic rings. The molecule has 5 rings (SSSR count). The molecule has 3 saturated carbocycles. The van der Waals surface area contributed by atoms with Crippen LogP contribution in [0.3, 0.4) is 0 Å². The first-order valence-corrected chi connectivity index (χ1v) is 17.4. The van der Waals surface area contributed by atoms with Crippen LogP contribution in [-0.4, -0.2) is 77.9 Å². The number of aliphatic imine (C=N–C) groups is 2. The number of hydrogen-bond donors (Lipinski definition) is 1. The summed E-state index contributed by atoms with van der Waals surface area (Å²) in [5, 5.41) is 11.7. The molecule has 4 unspecified atom stereocenters. The lowest BCUT2D eigenvalue weighted by atomic mass is 9.44. The van der Waals surface area contributed by atoms with E-state index in [0.717, 1.165) is 55.1 Å². The monoisotopic (exact) mass is 621 g/mol. The van der Waals surface area contributed by atoms with E-state index in [9.17, 15) is 14.7 Å². The number of esters is 1. The summed E-state index contributed by atoms with van der Waals surface area (Å²) in [5.41, 5.74) is -0.433. The number of aliphatic hydroxyl groups is 1. The number of benzene rings is 1. The van der Waals surface area contributed by atoms with Crippen molar-refractivity contribution in [2.24, 2.45) is 44.0 Å². The summed E-state index contributed by atoms with van der Waals surface area (Å²) in [7, 11) is 1.83. The number of likely N-dealkylation sites (tertiary alicyclic amines) is 1. The number of carbonyl (C=O) groups is 2. The Morgan fingerprint density at radius 1 is 1.25 bits per heavy atom. The van der Waals surface area contributed by atoms with Gasteiger partial charge >= 0.3 is 5.97 Å². The molecule has 0 radical (unpaired) electrons. The maximum absolute atomic E-state index is 13.6. The highest BCUT2D eigenvalue weighted by molar-refractivity contribution is 8.00. The number of ether oxygens (including phenoxy) is 1. The minimum Gasteiger partial charge on any atom is -0.461 e. The zero-order chi connectivity index (χ0) is 31.9. The van der Waals surface area contributed by atoms with Gasteiger partial charge in [-0.3, -0.25) is 19.6 Å². The van der Waals surface area contributed by atoms with Crippen LogP contribution in [0.25, 0.3) is 0 Å². The first-order valence-electron chi connectivity index (χ1n) is 16.4. The van der Waals surface area contributed by atoms with Crippen molar-refractivity contribution in [2.75, 3.05) is 25.9 Å². The number of aliphatic hydroxyl groups excluding tert-OH is 1. The fraction of sp³-hybridized carbons (Fsp3) is 0.667. The minimum atomic E-state index is -0.666. The van der Waals surface area contributed by atoms with Gasteiger partial charge in [-0.25, -0.2) is 0 Å². The number of Topliss-reactive ketones (excluding diaryl/α,β-unsaturated/α-hetero) is 1. The fourth-order valence-corrected chi connectivity index (χ4v) is 9.93. The Kier molecular flexibility index (Phi) is 9.54. The SMILES string of the molecule is C=C[C@]1(C)C[C@@H](OC(=O)CSc2cccc(/C=N/C3CCN(CC)/C3=N\C)c2)[C@]2(C)C(C)CCC3(CCC(=O)C32)[C@@H](C)[C@@H]1O. The summed E-state index contributed by atoms with van der Waals surface area (Å²) in [6.07, 6.45) is 7.22. The molecule has 0 spiro atoms. The van der Waals surface area contributed by atoms with E-state index in [1.165, 1.54) is 11.8 Å². The molecule has 240 valence electrons. The number of carbonyl (C=O) groups excluding carboxylic acids is 2. The second-order valence-electron chi connectivity index (χ2n) is 14.2. The van der Waals surface area contributed by atoms with Crippen LogP contribution in [0.2, 0.25) is 0 Å². The lowest BCUT2D eigenvalue weighted by Gasteiger charge is -2.61. The summed E-state index contributed by atoms with van der Waals surface area (Å²) in [6, 6.07) is 8.14. The Bertz CT molecular complexity index is 1330. The van der Waals surface area contributed by atoms with E-state index >= 15 is 0 Å². The molecule has 1 aromatic carbocycles. The third-order valence-electron chi connectivity index (χ3n) is 12.1. The van der Waals surface area contributed by atoms with Crippen molar-refractivity contribution in [1.29, 1.82) is 0 Å². The summed E-state index contributed by atoms with van der Waals surface area (Å²) in [4.78, 5) is 39.7. The summed E-state index contributed by atoms with van der Waals surface area (Å²) in [5.74, 6) is 1.13. The van der Waals surface area contributed by atoms with Crippen molar-refractivity contribution < 1.29 is 19.4 Å². The largest absolute Gasteiger partial charge is 0.461 e. The smallest absolute Gasteiger partial charge is 0.316 e. The molecule has 8 heteroatoms. The number of likely N-dealkylation sites (N-methyl/N-ethyl adjacent to an activating group) is 1. The van der Waals surface area contributed by atoms with E-state index in [1.807, 2.05) is 44.5 Å². The van der Waals surface area contributed by atoms with Crippen LogP contribution in [0, 0.1) is 34.0 Å². The lowest BCUT2D eigenvalue weighted by molar-refractivity contribution is -0.205. The van der Waals surface area contributed by atoms with Crippen LogP contribution in [0.4, 0.5) is 0 Å². The highest BCUT2D eigenvalue weighted by Crippen LogP contribution is 2.68. The molecule has 1 aromatic rings. The van der Waals surface area contributed by atoms with Gasteiger partial charge in [-0.15, -0.1) is 18.3 Å². The van der Waals surface area contributed by atoms with Gasteiger partial charge in [0.25, 0.3) is 0 Å². The predicted octanol–water partition coefficient (Wildman–Crippen LogP) is 6.23. The van der Waals surface area contributed by atoms with E-state index in [0.29, 0.717) is 12.8 Å². The van der Waals surface area contributed by atoms with Gasteiger partial charge in [-0.2, -0.15) is 0 Å². The average molecular weight is 622 g/mol. The second kappa shape index (κ2) is 12.7. The highest BCUT2D eigenvalue weighted by Gasteiger charge is 2.68. The predicted molar refractivity (Wildman–Crippen MR) is 178 cm³/mol. The average Bonchev–Trinajstić information content (AvgIpc) is 3.60. The van der Waals surface area contributed by atoms with Crippen molar-refractivity contribution >= 4 is 35.6 Å². The van der Waals surface area contributed by atoms with Crippen LogP contribution in [0.5, 0.6) is 0 Å². The molecular formula is C36H51N3O4S. The van der Waals surface area contributed by atoms with E-state index < -0.39 is 23.0 Å². The van der Waals surface area contributed by atoms with Crippen LogP contribution >= 0.6 is 11.8 Å². The van der Waals surface area contributed by atoms with Gasteiger partial charge in [-0.05, 0) is 74.0 Å². The van der Waals surface area contributed by atoms with Crippen LogP contribution < -0.4 is 0 Å². The Balaban J connectivity index is 1.33. The molecule has 7 nitrogen and oxygen atoms in total. The molecule has 1 N–H and O–H groups in total. The zero-order valence-electron chi connectivity index (χ0n) is 27.4. The molecule has 1 aliphatic heterocycles. The van der Waals surface area contributed by atoms with Gasteiger partial charge in [0.15, 0.2) is 0 Å². The van der Waals surface area contributed by atoms with E-state index in [2.05, 4.69) is 50.2 Å². The first-order chi connectivity index (χ1) is 20.9. The summed E-state index contributed by atoms with van der Waals surface area (Å²) in [6.45, 7) is 16.7.